The molecule has 22 heavy (non-hydrogen) atoms. The molecule has 2 aromatic rings. The number of aromatic amines is 1. The van der Waals surface area contributed by atoms with E-state index in [1.807, 2.05) is 26.2 Å². The number of likely N-dealkylation sites (tertiary alicyclic amines) is 1. The smallest absolute Gasteiger partial charge is 0.343 e. The highest BCUT2D eigenvalue weighted by Gasteiger charge is 2.36. The third kappa shape index (κ3) is 2.71. The molecule has 2 atom stereocenters. The van der Waals surface area contributed by atoms with Gasteiger partial charge in [0.25, 0.3) is 0 Å². The monoisotopic (exact) mass is 306 g/mol. The average molecular weight is 306 g/mol. The van der Waals surface area contributed by atoms with E-state index in [1.54, 1.807) is 16.4 Å². The van der Waals surface area contributed by atoms with Crippen LogP contribution >= 0.6 is 0 Å². The highest BCUT2D eigenvalue weighted by atomic mass is 16.5. The minimum Gasteiger partial charge on any atom is -0.380 e. The highest BCUT2D eigenvalue weighted by molar-refractivity contribution is 5.05. The average Bonchev–Trinajstić information content (AvgIpc) is 3.18. The van der Waals surface area contributed by atoms with Crippen molar-refractivity contribution in [3.05, 3.63) is 34.3 Å². The number of nitrogens with zero attached hydrogens (tertiary/aromatic N) is 5. The predicted molar refractivity (Wildman–Crippen MR) is 80.3 cm³/mol. The molecule has 1 aliphatic heterocycles. The number of H-pyrrole nitrogens is 1. The summed E-state index contributed by atoms with van der Waals surface area (Å²) in [7, 11) is 3.63. The molecule has 0 bridgehead atoms. The zero-order valence-corrected chi connectivity index (χ0v) is 13.2. The van der Waals surface area contributed by atoms with Crippen molar-refractivity contribution in [3.8, 4) is 0 Å². The fraction of sp³-hybridized carbons (Fsp3) is 0.643. The Morgan fingerprint density at radius 1 is 1.50 bits per heavy atom. The van der Waals surface area contributed by atoms with Crippen LogP contribution in [0.3, 0.4) is 0 Å². The number of ether oxygens (including phenoxy) is 1. The van der Waals surface area contributed by atoms with Crippen molar-refractivity contribution in [2.24, 2.45) is 7.05 Å². The summed E-state index contributed by atoms with van der Waals surface area (Å²) in [6, 6.07) is 2.07. The van der Waals surface area contributed by atoms with Crippen molar-refractivity contribution < 1.29 is 4.74 Å². The third-order valence-electron chi connectivity index (χ3n) is 4.23. The molecule has 0 aromatic carbocycles. The second-order valence-electron chi connectivity index (χ2n) is 5.65. The normalized spacial score (nSPS) is 22.5. The zero-order chi connectivity index (χ0) is 15.7. The summed E-state index contributed by atoms with van der Waals surface area (Å²) < 4.78 is 9.01. The van der Waals surface area contributed by atoms with Crippen LogP contribution in [0.25, 0.3) is 0 Å². The van der Waals surface area contributed by atoms with Crippen LogP contribution in [0.15, 0.2) is 17.1 Å². The molecule has 120 valence electrons. The molecule has 3 rings (SSSR count). The molecule has 0 spiro atoms. The maximum atomic E-state index is 11.8. The SMILES string of the molecule is CCn1c([C@@H]2C[C@H](OC)CN2Cc2ccn(C)n2)n[nH]c1=O. The van der Waals surface area contributed by atoms with E-state index in [2.05, 4.69) is 20.2 Å². The van der Waals surface area contributed by atoms with E-state index in [0.717, 1.165) is 31.0 Å². The Morgan fingerprint density at radius 3 is 2.95 bits per heavy atom. The van der Waals surface area contributed by atoms with Gasteiger partial charge in [-0.3, -0.25) is 14.1 Å². The fourth-order valence-electron chi connectivity index (χ4n) is 3.12. The van der Waals surface area contributed by atoms with Gasteiger partial charge in [0.15, 0.2) is 5.82 Å². The summed E-state index contributed by atoms with van der Waals surface area (Å²) in [5.41, 5.74) is 0.848. The third-order valence-corrected chi connectivity index (χ3v) is 4.23. The van der Waals surface area contributed by atoms with Crippen LogP contribution in [0.2, 0.25) is 0 Å². The number of hydrogen-bond donors (Lipinski definition) is 1. The lowest BCUT2D eigenvalue weighted by atomic mass is 10.2. The number of nitrogens with one attached hydrogen (secondary N) is 1. The largest absolute Gasteiger partial charge is 0.380 e. The van der Waals surface area contributed by atoms with E-state index < -0.39 is 0 Å². The van der Waals surface area contributed by atoms with Gasteiger partial charge in [-0.25, -0.2) is 9.89 Å². The van der Waals surface area contributed by atoms with E-state index in [1.165, 1.54) is 0 Å². The molecule has 1 aliphatic rings. The first-order valence-electron chi connectivity index (χ1n) is 7.52. The van der Waals surface area contributed by atoms with Crippen LogP contribution in [-0.4, -0.2) is 49.2 Å². The number of aryl methyl sites for hydroxylation is 1. The lowest BCUT2D eigenvalue weighted by molar-refractivity contribution is 0.107. The van der Waals surface area contributed by atoms with Crippen LogP contribution in [-0.2, 0) is 24.9 Å². The fourth-order valence-corrected chi connectivity index (χ4v) is 3.12. The quantitative estimate of drug-likeness (QED) is 0.858. The Bertz CT molecular complexity index is 688. The van der Waals surface area contributed by atoms with Gasteiger partial charge in [-0.05, 0) is 19.4 Å². The number of aromatic nitrogens is 5. The molecular weight excluding hydrogens is 284 g/mol. The van der Waals surface area contributed by atoms with Crippen molar-refractivity contribution in [3.63, 3.8) is 0 Å². The van der Waals surface area contributed by atoms with Crippen LogP contribution in [0.4, 0.5) is 0 Å². The first kappa shape index (κ1) is 15.0. The second kappa shape index (κ2) is 6.05. The van der Waals surface area contributed by atoms with Crippen molar-refractivity contribution in [1.29, 1.82) is 0 Å². The van der Waals surface area contributed by atoms with Gasteiger partial charge in [0, 0.05) is 40.0 Å². The minimum absolute atomic E-state index is 0.0610. The number of rotatable bonds is 5. The highest BCUT2D eigenvalue weighted by Crippen LogP contribution is 2.32. The molecule has 8 heteroatoms. The lowest BCUT2D eigenvalue weighted by Gasteiger charge is -2.22. The predicted octanol–water partition coefficient (Wildman–Crippen LogP) is 0.287. The van der Waals surface area contributed by atoms with Crippen molar-refractivity contribution in [1.82, 2.24) is 29.4 Å². The Morgan fingerprint density at radius 2 is 2.32 bits per heavy atom. The van der Waals surface area contributed by atoms with Crippen molar-refractivity contribution in [2.75, 3.05) is 13.7 Å². The number of methoxy groups -OCH3 is 1. The first-order valence-corrected chi connectivity index (χ1v) is 7.52. The van der Waals surface area contributed by atoms with Crippen LogP contribution in [0.1, 0.15) is 30.9 Å². The minimum atomic E-state index is -0.156. The van der Waals surface area contributed by atoms with E-state index in [-0.39, 0.29) is 17.8 Å². The first-order chi connectivity index (χ1) is 10.6. The van der Waals surface area contributed by atoms with Crippen molar-refractivity contribution >= 4 is 0 Å². The summed E-state index contributed by atoms with van der Waals surface area (Å²) in [5, 5.41) is 11.2. The molecule has 0 saturated carbocycles. The van der Waals surface area contributed by atoms with E-state index in [0.29, 0.717) is 6.54 Å². The topological polar surface area (TPSA) is 81.0 Å². The Labute approximate surface area is 128 Å². The molecule has 0 radical (unpaired) electrons. The molecular formula is C14H22N6O2. The molecule has 1 saturated heterocycles. The summed E-state index contributed by atoms with van der Waals surface area (Å²) in [6.07, 6.45) is 2.91. The van der Waals surface area contributed by atoms with Gasteiger partial charge in [0.1, 0.15) is 0 Å². The zero-order valence-electron chi connectivity index (χ0n) is 13.2. The summed E-state index contributed by atoms with van der Waals surface area (Å²) >= 11 is 0. The van der Waals surface area contributed by atoms with E-state index >= 15 is 0 Å². The Kier molecular flexibility index (Phi) is 4.12. The molecule has 0 aliphatic carbocycles. The lowest BCUT2D eigenvalue weighted by Crippen LogP contribution is -2.28. The van der Waals surface area contributed by atoms with Gasteiger partial charge in [-0.15, -0.1) is 0 Å². The Balaban J connectivity index is 1.87. The summed E-state index contributed by atoms with van der Waals surface area (Å²) in [4.78, 5) is 14.1. The second-order valence-corrected chi connectivity index (χ2v) is 5.65. The molecule has 2 aromatic heterocycles. The number of hydrogen-bond acceptors (Lipinski definition) is 5. The van der Waals surface area contributed by atoms with Gasteiger partial charge in [-0.2, -0.15) is 10.2 Å². The molecule has 1 fully saturated rings. The standard InChI is InChI=1S/C14H22N6O2/c1-4-20-13(15-16-14(20)21)12-7-11(22-3)9-19(12)8-10-5-6-18(2)17-10/h5-6,11-12H,4,7-9H2,1-3H3,(H,16,21)/t11-,12-/m0/s1. The van der Waals surface area contributed by atoms with Crippen LogP contribution < -0.4 is 5.69 Å². The molecule has 0 amide bonds. The van der Waals surface area contributed by atoms with Crippen LogP contribution in [0.5, 0.6) is 0 Å². The van der Waals surface area contributed by atoms with Gasteiger partial charge in [0.2, 0.25) is 0 Å². The van der Waals surface area contributed by atoms with Gasteiger partial charge in [-0.1, -0.05) is 0 Å². The van der Waals surface area contributed by atoms with Gasteiger partial charge in [0.05, 0.1) is 17.8 Å². The molecule has 1 N–H and O–H groups in total. The Hall–Kier alpha value is -1.93. The van der Waals surface area contributed by atoms with E-state index in [9.17, 15) is 4.79 Å². The molecule has 3 heterocycles. The summed E-state index contributed by atoms with van der Waals surface area (Å²) in [5.74, 6) is 0.781. The maximum absolute atomic E-state index is 11.8. The van der Waals surface area contributed by atoms with Crippen molar-refractivity contribution in [2.45, 2.75) is 38.6 Å². The van der Waals surface area contributed by atoms with Gasteiger partial charge < -0.3 is 4.74 Å². The van der Waals surface area contributed by atoms with E-state index in [4.69, 9.17) is 4.74 Å². The molecule has 0 unspecified atom stereocenters. The van der Waals surface area contributed by atoms with Gasteiger partial charge >= 0.3 is 5.69 Å². The molecule has 8 nitrogen and oxygen atoms in total. The van der Waals surface area contributed by atoms with Crippen LogP contribution in [0, 0.1) is 0 Å². The summed E-state index contributed by atoms with van der Waals surface area (Å²) in [6.45, 7) is 4.08. The maximum Gasteiger partial charge on any atom is 0.343 e.